The van der Waals surface area contributed by atoms with Crippen molar-refractivity contribution in [3.63, 3.8) is 0 Å². The maximum absolute atomic E-state index is 3.51. The van der Waals surface area contributed by atoms with E-state index in [-0.39, 0.29) is 0 Å². The summed E-state index contributed by atoms with van der Waals surface area (Å²) in [6.45, 7) is 7.98. The van der Waals surface area contributed by atoms with E-state index < -0.39 is 0 Å². The maximum Gasteiger partial charge on any atom is 0.0883 e. The summed E-state index contributed by atoms with van der Waals surface area (Å²) in [5.74, 6) is 1.24. The molecule has 1 saturated heterocycles. The third-order valence-corrected chi connectivity index (χ3v) is 5.26. The molecular weight excluding hydrogens is 210 g/mol. The lowest BCUT2D eigenvalue weighted by molar-refractivity contribution is 0.604. The van der Waals surface area contributed by atoms with Gasteiger partial charge in [0.15, 0.2) is 0 Å². The van der Waals surface area contributed by atoms with Gasteiger partial charge in [0.25, 0.3) is 0 Å². The molecule has 1 aliphatic heterocycles. The van der Waals surface area contributed by atoms with Crippen molar-refractivity contribution in [2.45, 2.75) is 31.6 Å². The van der Waals surface area contributed by atoms with Crippen LogP contribution in [0.4, 0.5) is 0 Å². The molecule has 0 radical (unpaired) electrons. The first-order chi connectivity index (χ1) is 6.57. The van der Waals surface area contributed by atoms with Gasteiger partial charge in [0.2, 0.25) is 0 Å². The molecule has 2 heterocycles. The molecular formula is C11H17NS2. The fraction of sp³-hybridized carbons (Fsp3) is 0.636. The van der Waals surface area contributed by atoms with E-state index >= 15 is 0 Å². The number of thioether (sulfide) groups is 1. The molecule has 1 N–H and O–H groups in total. The third kappa shape index (κ3) is 2.15. The van der Waals surface area contributed by atoms with Crippen LogP contribution in [0.1, 0.15) is 35.9 Å². The van der Waals surface area contributed by atoms with E-state index in [9.17, 15) is 0 Å². The van der Waals surface area contributed by atoms with Crippen LogP contribution >= 0.6 is 23.1 Å². The number of thiophene rings is 1. The predicted molar refractivity (Wildman–Crippen MR) is 66.2 cm³/mol. The van der Waals surface area contributed by atoms with E-state index in [0.717, 1.165) is 6.54 Å². The Morgan fingerprint density at radius 3 is 2.64 bits per heavy atom. The van der Waals surface area contributed by atoms with Crippen LogP contribution < -0.4 is 5.32 Å². The minimum Gasteiger partial charge on any atom is -0.300 e. The van der Waals surface area contributed by atoms with Gasteiger partial charge in [-0.1, -0.05) is 20.8 Å². The Morgan fingerprint density at radius 2 is 2.14 bits per heavy atom. The number of rotatable bonds is 1. The highest BCUT2D eigenvalue weighted by Crippen LogP contribution is 2.37. The Balaban J connectivity index is 2.17. The maximum atomic E-state index is 3.51. The predicted octanol–water partition coefficient (Wildman–Crippen LogP) is 3.38. The smallest absolute Gasteiger partial charge is 0.0883 e. The second-order valence-electron chi connectivity index (χ2n) is 4.66. The molecule has 1 unspecified atom stereocenters. The van der Waals surface area contributed by atoms with Crippen LogP contribution in [-0.2, 0) is 5.41 Å². The van der Waals surface area contributed by atoms with Gasteiger partial charge in [-0.3, -0.25) is 0 Å². The molecule has 0 aliphatic carbocycles. The van der Waals surface area contributed by atoms with E-state index in [1.807, 2.05) is 23.1 Å². The zero-order chi connectivity index (χ0) is 10.2. The molecule has 3 heteroatoms. The fourth-order valence-corrected chi connectivity index (χ4v) is 3.83. The Labute approximate surface area is 94.3 Å². The first-order valence-electron chi connectivity index (χ1n) is 5.02. The first kappa shape index (κ1) is 10.5. The van der Waals surface area contributed by atoms with Crippen molar-refractivity contribution in [1.82, 2.24) is 5.32 Å². The highest BCUT2D eigenvalue weighted by atomic mass is 32.2. The SMILES string of the molecule is CC(C)(C)c1ccc(C2NCCS2)s1. The molecule has 1 nitrogen and oxygen atoms in total. The molecule has 0 aromatic carbocycles. The molecule has 1 aromatic heterocycles. The van der Waals surface area contributed by atoms with Crippen molar-refractivity contribution in [1.29, 1.82) is 0 Å². The molecule has 1 aliphatic rings. The Hall–Kier alpha value is 0.01000. The van der Waals surface area contributed by atoms with E-state index in [4.69, 9.17) is 0 Å². The highest BCUT2D eigenvalue weighted by Gasteiger charge is 2.21. The number of hydrogen-bond acceptors (Lipinski definition) is 3. The minimum absolute atomic E-state index is 0.298. The monoisotopic (exact) mass is 227 g/mol. The van der Waals surface area contributed by atoms with Crippen LogP contribution in [0.5, 0.6) is 0 Å². The summed E-state index contributed by atoms with van der Waals surface area (Å²) < 4.78 is 0. The van der Waals surface area contributed by atoms with Crippen molar-refractivity contribution < 1.29 is 0 Å². The summed E-state index contributed by atoms with van der Waals surface area (Å²) in [7, 11) is 0. The first-order valence-corrected chi connectivity index (χ1v) is 6.89. The van der Waals surface area contributed by atoms with E-state index in [1.54, 1.807) is 0 Å². The average Bonchev–Trinajstić information content (AvgIpc) is 2.73. The van der Waals surface area contributed by atoms with Crippen molar-refractivity contribution >= 4 is 23.1 Å². The summed E-state index contributed by atoms with van der Waals surface area (Å²) in [5.41, 5.74) is 0.298. The Bertz CT molecular complexity index is 305. The normalized spacial score (nSPS) is 22.9. The van der Waals surface area contributed by atoms with Crippen LogP contribution in [0, 0.1) is 0 Å². The van der Waals surface area contributed by atoms with Gasteiger partial charge in [-0.25, -0.2) is 0 Å². The van der Waals surface area contributed by atoms with Gasteiger partial charge in [0, 0.05) is 22.1 Å². The lowest BCUT2D eigenvalue weighted by Crippen LogP contribution is -2.11. The molecule has 0 spiro atoms. The molecule has 1 fully saturated rings. The topological polar surface area (TPSA) is 12.0 Å². The molecule has 0 saturated carbocycles. The van der Waals surface area contributed by atoms with E-state index in [1.165, 1.54) is 15.5 Å². The largest absolute Gasteiger partial charge is 0.300 e. The molecule has 0 bridgehead atoms. The van der Waals surface area contributed by atoms with Crippen molar-refractivity contribution in [2.75, 3.05) is 12.3 Å². The van der Waals surface area contributed by atoms with Gasteiger partial charge >= 0.3 is 0 Å². The molecule has 2 rings (SSSR count). The zero-order valence-corrected chi connectivity index (χ0v) is 10.6. The van der Waals surface area contributed by atoms with Gasteiger partial charge in [-0.2, -0.15) is 0 Å². The Morgan fingerprint density at radius 1 is 1.36 bits per heavy atom. The van der Waals surface area contributed by atoms with Gasteiger partial charge in [0.05, 0.1) is 5.37 Å². The van der Waals surface area contributed by atoms with Crippen molar-refractivity contribution in [3.8, 4) is 0 Å². The summed E-state index contributed by atoms with van der Waals surface area (Å²) in [6, 6.07) is 4.56. The second-order valence-corrected chi connectivity index (χ2v) is 6.99. The molecule has 0 amide bonds. The highest BCUT2D eigenvalue weighted by molar-refractivity contribution is 7.99. The second kappa shape index (κ2) is 3.87. The molecule has 1 aromatic rings. The lowest BCUT2D eigenvalue weighted by atomic mass is 9.95. The zero-order valence-electron chi connectivity index (χ0n) is 8.96. The molecule has 1 atom stereocenters. The van der Waals surface area contributed by atoms with Crippen LogP contribution in [0.2, 0.25) is 0 Å². The summed E-state index contributed by atoms with van der Waals surface area (Å²) in [5, 5.41) is 4.06. The Kier molecular flexibility index (Phi) is 2.91. The van der Waals surface area contributed by atoms with Gasteiger partial charge in [-0.15, -0.1) is 23.1 Å². The number of nitrogens with one attached hydrogen (secondary N) is 1. The van der Waals surface area contributed by atoms with Gasteiger partial charge in [-0.05, 0) is 17.5 Å². The van der Waals surface area contributed by atoms with Gasteiger partial charge < -0.3 is 5.32 Å². The average molecular weight is 227 g/mol. The summed E-state index contributed by atoms with van der Waals surface area (Å²) in [6.07, 6.45) is 0. The van der Waals surface area contributed by atoms with E-state index in [2.05, 4.69) is 38.2 Å². The minimum atomic E-state index is 0.298. The quantitative estimate of drug-likeness (QED) is 0.789. The van der Waals surface area contributed by atoms with Crippen LogP contribution in [0.25, 0.3) is 0 Å². The lowest BCUT2D eigenvalue weighted by Gasteiger charge is -2.15. The van der Waals surface area contributed by atoms with Gasteiger partial charge in [0.1, 0.15) is 0 Å². The standard InChI is InChI=1S/C11H17NS2/c1-11(2,3)9-5-4-8(14-9)10-12-6-7-13-10/h4-5,10,12H,6-7H2,1-3H3. The third-order valence-electron chi connectivity index (χ3n) is 2.34. The van der Waals surface area contributed by atoms with Crippen LogP contribution in [0.3, 0.4) is 0 Å². The molecule has 78 valence electrons. The van der Waals surface area contributed by atoms with Crippen LogP contribution in [0.15, 0.2) is 12.1 Å². The summed E-state index contributed by atoms with van der Waals surface area (Å²) in [4.78, 5) is 2.97. The van der Waals surface area contributed by atoms with Crippen LogP contribution in [-0.4, -0.2) is 12.3 Å². The number of hydrogen-bond donors (Lipinski definition) is 1. The van der Waals surface area contributed by atoms with E-state index in [0.29, 0.717) is 10.8 Å². The van der Waals surface area contributed by atoms with Crippen molar-refractivity contribution in [3.05, 3.63) is 21.9 Å². The fourth-order valence-electron chi connectivity index (χ4n) is 1.51. The van der Waals surface area contributed by atoms with Crippen molar-refractivity contribution in [2.24, 2.45) is 0 Å². The molecule has 14 heavy (non-hydrogen) atoms. The summed E-state index contributed by atoms with van der Waals surface area (Å²) >= 11 is 3.97.